The Morgan fingerprint density at radius 3 is 1.52 bits per heavy atom. The molecule has 0 atom stereocenters. The Morgan fingerprint density at radius 1 is 0.435 bits per heavy atom. The van der Waals surface area contributed by atoms with Gasteiger partial charge in [0, 0.05) is 11.1 Å². The highest BCUT2D eigenvalue weighted by Gasteiger charge is 2.33. The lowest BCUT2D eigenvalue weighted by atomic mass is 9.79. The molecule has 69 heavy (non-hydrogen) atoms. The van der Waals surface area contributed by atoms with E-state index in [1.54, 1.807) is 0 Å². The Kier molecular flexibility index (Phi) is 10.4. The van der Waals surface area contributed by atoms with E-state index in [-0.39, 0.29) is 16.6 Å². The third-order valence-electron chi connectivity index (χ3n) is 14.1. The number of para-hydroxylation sites is 1. The van der Waals surface area contributed by atoms with Crippen LogP contribution in [0.1, 0.15) is 69.4 Å². The van der Waals surface area contributed by atoms with Gasteiger partial charge >= 0.3 is 0 Å². The zero-order valence-electron chi connectivity index (χ0n) is 41.1. The number of hydrogen-bond donors (Lipinski definition) is 2. The van der Waals surface area contributed by atoms with Crippen molar-refractivity contribution >= 4 is 11.0 Å². The number of nitrogens with one attached hydrogen (secondary N) is 1. The Morgan fingerprint density at radius 2 is 0.957 bits per heavy atom. The lowest BCUT2D eigenvalue weighted by molar-refractivity contribution is -0.555. The average Bonchev–Trinajstić information content (AvgIpc) is 3.71. The van der Waals surface area contributed by atoms with Crippen molar-refractivity contribution in [3.8, 4) is 101 Å². The van der Waals surface area contributed by atoms with Crippen molar-refractivity contribution in [1.82, 2.24) is 9.97 Å². The summed E-state index contributed by atoms with van der Waals surface area (Å²) in [5.74, 6) is 1.11. The number of aromatic nitrogens is 3. The fourth-order valence-corrected chi connectivity index (χ4v) is 10.8. The van der Waals surface area contributed by atoms with Gasteiger partial charge in [0.2, 0.25) is 0 Å². The van der Waals surface area contributed by atoms with Crippen molar-refractivity contribution in [1.29, 1.82) is 0 Å². The molecule has 0 saturated heterocycles. The van der Waals surface area contributed by atoms with Gasteiger partial charge in [-0.15, -0.1) is 0 Å². The zero-order valence-corrected chi connectivity index (χ0v) is 41.1. The number of nitrogens with zero attached hydrogens (tertiary/aromatic N) is 2. The van der Waals surface area contributed by atoms with E-state index < -0.39 is 0 Å². The number of aryl methyl sites for hydroxylation is 3. The van der Waals surface area contributed by atoms with Gasteiger partial charge in [0.25, 0.3) is 5.82 Å². The Hall–Kier alpha value is -7.82. The molecule has 1 aliphatic rings. The first-order chi connectivity index (χ1) is 33.1. The third kappa shape index (κ3) is 7.56. The van der Waals surface area contributed by atoms with Crippen molar-refractivity contribution in [2.75, 3.05) is 0 Å². The molecule has 0 fully saturated rings. The average molecular weight is 897 g/mol. The fraction of sp³-hybridized carbons (Fsp3) is 0.169. The highest BCUT2D eigenvalue weighted by molar-refractivity contribution is 6.04. The number of fused-ring (bicyclic) bond motifs is 9. The van der Waals surface area contributed by atoms with Crippen LogP contribution in [0.3, 0.4) is 0 Å². The molecule has 11 rings (SSSR count). The van der Waals surface area contributed by atoms with E-state index in [0.717, 1.165) is 84.0 Å². The summed E-state index contributed by atoms with van der Waals surface area (Å²) in [6.07, 6.45) is 0. The van der Waals surface area contributed by atoms with Crippen molar-refractivity contribution in [2.45, 2.75) is 73.1 Å². The molecular formula is C65H58N3O+. The minimum absolute atomic E-state index is 0.163. The Labute approximate surface area is 406 Å². The molecule has 0 unspecified atom stereocenters. The lowest BCUT2D eigenvalue weighted by Gasteiger charge is -2.27. The topological polar surface area (TPSA) is 52.8 Å². The number of H-pyrrole nitrogens is 1. The second-order valence-electron chi connectivity index (χ2n) is 21.1. The van der Waals surface area contributed by atoms with Crippen molar-refractivity contribution < 1.29 is 9.67 Å². The molecule has 4 heteroatoms. The normalized spacial score (nSPS) is 12.2. The molecule has 4 nitrogen and oxygen atoms in total. The molecule has 0 aliphatic heterocycles. The van der Waals surface area contributed by atoms with Gasteiger partial charge in [-0.05, 0) is 140 Å². The van der Waals surface area contributed by atoms with Gasteiger partial charge in [0.15, 0.2) is 11.0 Å². The molecule has 0 bridgehead atoms. The second kappa shape index (κ2) is 16.5. The van der Waals surface area contributed by atoms with Gasteiger partial charge in [-0.3, -0.25) is 0 Å². The molecule has 0 spiro atoms. The van der Waals surface area contributed by atoms with Gasteiger partial charge in [-0.2, -0.15) is 4.57 Å². The number of phenols is 1. The Balaban J connectivity index is 1.18. The number of phenolic OH excluding ortho intramolecular Hbond substituents is 1. The first kappa shape index (κ1) is 43.7. The molecule has 0 radical (unpaired) electrons. The van der Waals surface area contributed by atoms with E-state index in [4.69, 9.17) is 4.98 Å². The van der Waals surface area contributed by atoms with Crippen molar-refractivity contribution in [3.63, 3.8) is 0 Å². The van der Waals surface area contributed by atoms with E-state index in [1.807, 2.05) is 0 Å². The summed E-state index contributed by atoms with van der Waals surface area (Å²) in [6, 6.07) is 63.8. The van der Waals surface area contributed by atoms with E-state index in [9.17, 15) is 5.11 Å². The molecule has 2 N–H and O–H groups in total. The summed E-state index contributed by atoms with van der Waals surface area (Å²) in [4.78, 5) is 9.50. The quantitative estimate of drug-likeness (QED) is 0.169. The number of imidazole rings is 1. The maximum Gasteiger partial charge on any atom is 0.296 e. The smallest absolute Gasteiger partial charge is 0.296 e. The first-order valence-electron chi connectivity index (χ1n) is 24.2. The second-order valence-corrected chi connectivity index (χ2v) is 21.1. The predicted molar refractivity (Wildman–Crippen MR) is 288 cm³/mol. The van der Waals surface area contributed by atoms with E-state index in [2.05, 4.69) is 248 Å². The molecule has 338 valence electrons. The Bertz CT molecular complexity index is 3640. The predicted octanol–water partition coefficient (Wildman–Crippen LogP) is 16.7. The van der Waals surface area contributed by atoms with Gasteiger partial charge in [0.05, 0.1) is 17.0 Å². The lowest BCUT2D eigenvalue weighted by Crippen LogP contribution is -2.34. The number of aromatic amines is 1. The number of rotatable bonds is 5. The molecular weight excluding hydrogens is 839 g/mol. The number of pyridine rings is 1. The maximum atomic E-state index is 12.5. The van der Waals surface area contributed by atoms with Crippen LogP contribution in [-0.4, -0.2) is 15.1 Å². The van der Waals surface area contributed by atoms with Crippen LogP contribution in [0, 0.1) is 20.8 Å². The third-order valence-corrected chi connectivity index (χ3v) is 14.1. The summed E-state index contributed by atoms with van der Waals surface area (Å²) in [5, 5.41) is 12.5. The SMILES string of the molecule is Cc1cc(C)c(-[n+]2c(-c3cc(C(C)(C)C)cc(C(C)(C)C)c3O)[nH]c3c(-c4cc(-c5ccc6c(c5)-c5ccccc5-c5ccccc5-c5ccccc5-6)cc(-c5ccccc5)n4)cccc32)c(C)c1. The van der Waals surface area contributed by atoms with Crippen LogP contribution in [-0.2, 0) is 10.8 Å². The van der Waals surface area contributed by atoms with Crippen molar-refractivity contribution in [3.05, 3.63) is 204 Å². The van der Waals surface area contributed by atoms with Crippen LogP contribution in [0.5, 0.6) is 5.75 Å². The van der Waals surface area contributed by atoms with Crippen LogP contribution in [0.15, 0.2) is 176 Å². The summed E-state index contributed by atoms with van der Waals surface area (Å²) in [5.41, 5.74) is 24.6. The molecule has 2 aromatic heterocycles. The number of benzene rings is 8. The standard InChI is InChI=1S/C65H57N3O/c1-39-32-40(2)61(41(3)33-39)68-59-29-19-28-53(60(59)67-63(68)55-37-45(64(4,5)6)38-56(62(55)69)65(7,8)9)58-36-44(35-57(66-58)42-20-11-10-12-21-42)43-30-31-52-50-26-16-15-24-48(50)46-22-13-14-23-47(46)49-25-17-18-27-51(49)54(52)34-43/h10-38H,1-9H3,(H,66,67,69)/p+1. The summed E-state index contributed by atoms with van der Waals surface area (Å²) < 4.78 is 2.33. The van der Waals surface area contributed by atoms with Gasteiger partial charge in [0.1, 0.15) is 17.0 Å². The van der Waals surface area contributed by atoms with Crippen molar-refractivity contribution in [2.24, 2.45) is 0 Å². The highest BCUT2D eigenvalue weighted by Crippen LogP contribution is 2.49. The molecule has 1 aliphatic carbocycles. The summed E-state index contributed by atoms with van der Waals surface area (Å²) >= 11 is 0. The number of hydrogen-bond acceptors (Lipinski definition) is 2. The van der Waals surface area contributed by atoms with Crippen LogP contribution >= 0.6 is 0 Å². The van der Waals surface area contributed by atoms with E-state index in [1.165, 1.54) is 50.1 Å². The van der Waals surface area contributed by atoms with Gasteiger partial charge in [-0.1, -0.05) is 187 Å². The van der Waals surface area contributed by atoms with Gasteiger partial charge < -0.3 is 5.11 Å². The molecule has 8 aromatic carbocycles. The first-order valence-corrected chi connectivity index (χ1v) is 24.2. The molecule has 2 heterocycles. The zero-order chi connectivity index (χ0) is 47.9. The van der Waals surface area contributed by atoms with Gasteiger partial charge in [-0.25, -0.2) is 9.97 Å². The number of aromatic hydroxyl groups is 1. The summed E-state index contributed by atoms with van der Waals surface area (Å²) in [6.45, 7) is 19.8. The fourth-order valence-electron chi connectivity index (χ4n) is 10.8. The minimum atomic E-state index is -0.305. The highest BCUT2D eigenvalue weighted by atomic mass is 16.3. The maximum absolute atomic E-state index is 12.5. The van der Waals surface area contributed by atoms with Crippen LogP contribution in [0.25, 0.3) is 106 Å². The van der Waals surface area contributed by atoms with E-state index >= 15 is 0 Å². The molecule has 0 amide bonds. The monoisotopic (exact) mass is 896 g/mol. The summed E-state index contributed by atoms with van der Waals surface area (Å²) in [7, 11) is 0. The van der Waals surface area contributed by atoms with Crippen LogP contribution in [0.4, 0.5) is 0 Å². The molecule has 0 saturated carbocycles. The largest absolute Gasteiger partial charge is 0.507 e. The molecule has 10 aromatic rings. The minimum Gasteiger partial charge on any atom is -0.507 e. The van der Waals surface area contributed by atoms with Crippen LogP contribution in [0.2, 0.25) is 0 Å². The van der Waals surface area contributed by atoms with E-state index in [0.29, 0.717) is 0 Å². The van der Waals surface area contributed by atoms with Crippen LogP contribution < -0.4 is 4.57 Å².